The summed E-state index contributed by atoms with van der Waals surface area (Å²) in [6, 6.07) is 0. The minimum absolute atomic E-state index is 0.000764. The van der Waals surface area contributed by atoms with E-state index in [1.54, 1.807) is 13.8 Å². The van der Waals surface area contributed by atoms with Crippen LogP contribution < -0.4 is 0 Å². The molecule has 0 aromatic carbocycles. The normalized spacial score (nSPS) is 19.3. The quantitative estimate of drug-likeness (QED) is 0.779. The lowest BCUT2D eigenvalue weighted by atomic mass is 9.71. The summed E-state index contributed by atoms with van der Waals surface area (Å²) < 4.78 is 0. The molecule has 17 heavy (non-hydrogen) atoms. The fraction of sp³-hybridized carbons (Fsp3) is 0.583. The number of carboxylic acids is 2. The van der Waals surface area contributed by atoms with Gasteiger partial charge in [0.2, 0.25) is 0 Å². The molecule has 1 aliphatic rings. The first-order chi connectivity index (χ1) is 7.75. The molecule has 0 aromatic rings. The first-order valence-electron chi connectivity index (χ1n) is 5.47. The molecule has 0 atom stereocenters. The van der Waals surface area contributed by atoms with Crippen molar-refractivity contribution in [1.29, 1.82) is 0 Å². The van der Waals surface area contributed by atoms with Crippen molar-refractivity contribution < 1.29 is 24.6 Å². The Morgan fingerprint density at radius 1 is 1.29 bits per heavy atom. The lowest BCUT2D eigenvalue weighted by Gasteiger charge is -2.31. The number of aliphatic carboxylic acids is 2. The van der Waals surface area contributed by atoms with E-state index in [1.807, 2.05) is 0 Å². The standard InChI is InChI=1S/C12H16O5/c1-12(2)6-5-8(13)7(3-4-9(14)15)10(12)11(16)17/h3-6H2,1-2H3,(H,14,15)(H,16,17). The van der Waals surface area contributed by atoms with E-state index in [-0.39, 0.29) is 29.8 Å². The largest absolute Gasteiger partial charge is 0.481 e. The molecular weight excluding hydrogens is 224 g/mol. The summed E-state index contributed by atoms with van der Waals surface area (Å²) >= 11 is 0. The highest BCUT2D eigenvalue weighted by atomic mass is 16.4. The van der Waals surface area contributed by atoms with E-state index in [0.29, 0.717) is 12.8 Å². The van der Waals surface area contributed by atoms with Crippen molar-refractivity contribution in [3.05, 3.63) is 11.1 Å². The molecule has 1 rings (SSSR count). The maximum absolute atomic E-state index is 11.7. The van der Waals surface area contributed by atoms with Crippen LogP contribution in [-0.2, 0) is 14.4 Å². The topological polar surface area (TPSA) is 91.7 Å². The minimum Gasteiger partial charge on any atom is -0.481 e. The molecule has 0 aliphatic heterocycles. The van der Waals surface area contributed by atoms with Crippen LogP contribution in [0.1, 0.15) is 39.5 Å². The summed E-state index contributed by atoms with van der Waals surface area (Å²) in [4.78, 5) is 33.4. The van der Waals surface area contributed by atoms with Crippen LogP contribution >= 0.6 is 0 Å². The van der Waals surface area contributed by atoms with Crippen molar-refractivity contribution in [1.82, 2.24) is 0 Å². The average molecular weight is 240 g/mol. The molecule has 1 aliphatic carbocycles. The molecule has 5 nitrogen and oxygen atoms in total. The first-order valence-corrected chi connectivity index (χ1v) is 5.47. The Labute approximate surface area is 99.1 Å². The lowest BCUT2D eigenvalue weighted by Crippen LogP contribution is -2.30. The molecule has 0 unspecified atom stereocenters. The van der Waals surface area contributed by atoms with Crippen LogP contribution in [0, 0.1) is 5.41 Å². The summed E-state index contributed by atoms with van der Waals surface area (Å²) in [6.45, 7) is 3.54. The van der Waals surface area contributed by atoms with Crippen molar-refractivity contribution in [3.8, 4) is 0 Å². The van der Waals surface area contributed by atoms with Crippen molar-refractivity contribution in [2.45, 2.75) is 39.5 Å². The van der Waals surface area contributed by atoms with Crippen LogP contribution in [0.15, 0.2) is 11.1 Å². The molecule has 0 saturated carbocycles. The van der Waals surface area contributed by atoms with Gasteiger partial charge in [0.1, 0.15) is 0 Å². The van der Waals surface area contributed by atoms with E-state index >= 15 is 0 Å². The monoisotopic (exact) mass is 240 g/mol. The van der Waals surface area contributed by atoms with E-state index in [1.165, 1.54) is 0 Å². The molecule has 0 heterocycles. The summed E-state index contributed by atoms with van der Waals surface area (Å²) in [7, 11) is 0. The van der Waals surface area contributed by atoms with Gasteiger partial charge in [-0.2, -0.15) is 0 Å². The van der Waals surface area contributed by atoms with Crippen LogP contribution in [0.4, 0.5) is 0 Å². The van der Waals surface area contributed by atoms with Crippen LogP contribution in [0.3, 0.4) is 0 Å². The smallest absolute Gasteiger partial charge is 0.332 e. The number of carbonyl (C=O) groups excluding carboxylic acids is 1. The maximum Gasteiger partial charge on any atom is 0.332 e. The van der Waals surface area contributed by atoms with Gasteiger partial charge in [0.15, 0.2) is 5.78 Å². The average Bonchev–Trinajstić information content (AvgIpc) is 2.18. The second-order valence-electron chi connectivity index (χ2n) is 4.86. The maximum atomic E-state index is 11.7. The Balaban J connectivity index is 3.16. The number of Topliss-reactive ketones (excluding diaryl/α,β-unsaturated/α-hetero) is 1. The van der Waals surface area contributed by atoms with Crippen molar-refractivity contribution in [2.24, 2.45) is 5.41 Å². The predicted octanol–water partition coefficient (Wildman–Crippen LogP) is 1.62. The fourth-order valence-electron chi connectivity index (χ4n) is 2.16. The van der Waals surface area contributed by atoms with Gasteiger partial charge >= 0.3 is 11.9 Å². The molecule has 2 N–H and O–H groups in total. The third-order valence-electron chi connectivity index (χ3n) is 3.09. The van der Waals surface area contributed by atoms with Crippen LogP contribution in [0.5, 0.6) is 0 Å². The number of hydrogen-bond donors (Lipinski definition) is 2. The highest BCUT2D eigenvalue weighted by Crippen LogP contribution is 2.40. The van der Waals surface area contributed by atoms with Gasteiger partial charge in [-0.25, -0.2) is 4.79 Å². The van der Waals surface area contributed by atoms with Gasteiger partial charge in [-0.3, -0.25) is 9.59 Å². The van der Waals surface area contributed by atoms with Crippen molar-refractivity contribution in [3.63, 3.8) is 0 Å². The Morgan fingerprint density at radius 2 is 1.88 bits per heavy atom. The lowest BCUT2D eigenvalue weighted by molar-refractivity contribution is -0.137. The Morgan fingerprint density at radius 3 is 2.35 bits per heavy atom. The summed E-state index contributed by atoms with van der Waals surface area (Å²) in [5.41, 5.74) is -0.320. The van der Waals surface area contributed by atoms with Gasteiger partial charge in [0, 0.05) is 24.0 Å². The van der Waals surface area contributed by atoms with Gasteiger partial charge in [-0.1, -0.05) is 13.8 Å². The third-order valence-corrected chi connectivity index (χ3v) is 3.09. The second-order valence-corrected chi connectivity index (χ2v) is 4.86. The predicted molar refractivity (Wildman–Crippen MR) is 59.6 cm³/mol. The Hall–Kier alpha value is -1.65. The van der Waals surface area contributed by atoms with E-state index in [2.05, 4.69) is 0 Å². The zero-order chi connectivity index (χ0) is 13.2. The molecule has 0 spiro atoms. The molecule has 5 heteroatoms. The molecular formula is C12H16O5. The zero-order valence-corrected chi connectivity index (χ0v) is 9.95. The molecule has 0 radical (unpaired) electrons. The van der Waals surface area contributed by atoms with Crippen LogP contribution in [-0.4, -0.2) is 27.9 Å². The first kappa shape index (κ1) is 13.4. The van der Waals surface area contributed by atoms with E-state index in [4.69, 9.17) is 10.2 Å². The van der Waals surface area contributed by atoms with Gasteiger partial charge in [0.25, 0.3) is 0 Å². The van der Waals surface area contributed by atoms with Crippen LogP contribution in [0.25, 0.3) is 0 Å². The van der Waals surface area contributed by atoms with Gasteiger partial charge < -0.3 is 10.2 Å². The number of hydrogen-bond acceptors (Lipinski definition) is 3. The summed E-state index contributed by atoms with van der Waals surface area (Å²) in [5.74, 6) is -2.38. The number of ketones is 1. The van der Waals surface area contributed by atoms with Gasteiger partial charge in [-0.05, 0) is 18.3 Å². The molecule has 0 amide bonds. The van der Waals surface area contributed by atoms with Gasteiger partial charge in [-0.15, -0.1) is 0 Å². The highest BCUT2D eigenvalue weighted by molar-refractivity contribution is 6.05. The second kappa shape index (κ2) is 4.69. The fourth-order valence-corrected chi connectivity index (χ4v) is 2.16. The van der Waals surface area contributed by atoms with Crippen LogP contribution in [0.2, 0.25) is 0 Å². The Kier molecular flexibility index (Phi) is 3.70. The number of carboxylic acid groups (broad SMARTS) is 2. The van der Waals surface area contributed by atoms with Crippen molar-refractivity contribution in [2.75, 3.05) is 0 Å². The molecule has 94 valence electrons. The highest BCUT2D eigenvalue weighted by Gasteiger charge is 2.37. The summed E-state index contributed by atoms with van der Waals surface area (Å²) in [5, 5.41) is 17.8. The number of rotatable bonds is 4. The van der Waals surface area contributed by atoms with E-state index < -0.39 is 17.4 Å². The minimum atomic E-state index is -1.12. The molecule has 0 bridgehead atoms. The summed E-state index contributed by atoms with van der Waals surface area (Å²) in [6.07, 6.45) is 0.565. The third kappa shape index (κ3) is 2.93. The van der Waals surface area contributed by atoms with E-state index in [9.17, 15) is 14.4 Å². The number of allylic oxidation sites excluding steroid dienone is 1. The van der Waals surface area contributed by atoms with Gasteiger partial charge in [0.05, 0.1) is 0 Å². The SMILES string of the molecule is CC1(C)CCC(=O)C(CCC(=O)O)=C1C(=O)O. The zero-order valence-electron chi connectivity index (χ0n) is 9.95. The number of carbonyl (C=O) groups is 3. The van der Waals surface area contributed by atoms with Crippen molar-refractivity contribution >= 4 is 17.7 Å². The molecule has 0 saturated heterocycles. The Bertz CT molecular complexity index is 403. The van der Waals surface area contributed by atoms with E-state index in [0.717, 1.165) is 0 Å². The molecule has 0 fully saturated rings. The molecule has 0 aromatic heterocycles.